The molecule has 4 nitrogen and oxygen atoms in total. The van der Waals surface area contributed by atoms with Crippen molar-refractivity contribution in [1.29, 1.82) is 0 Å². The van der Waals surface area contributed by atoms with Gasteiger partial charge in [0.2, 0.25) is 0 Å². The molecular formula is C23H18ClN3OS. The van der Waals surface area contributed by atoms with E-state index in [9.17, 15) is 4.79 Å². The summed E-state index contributed by atoms with van der Waals surface area (Å²) in [5.74, 6) is 0.0219. The maximum absolute atomic E-state index is 13.4. The topological polar surface area (TPSA) is 45.2 Å². The van der Waals surface area contributed by atoms with Gasteiger partial charge in [0.25, 0.3) is 5.91 Å². The molecule has 1 N–H and O–H groups in total. The van der Waals surface area contributed by atoms with E-state index >= 15 is 0 Å². The van der Waals surface area contributed by atoms with E-state index in [1.807, 2.05) is 59.5 Å². The summed E-state index contributed by atoms with van der Waals surface area (Å²) in [6, 6.07) is 19.5. The molecule has 0 bridgehead atoms. The van der Waals surface area contributed by atoms with Crippen molar-refractivity contribution in [3.8, 4) is 0 Å². The Morgan fingerprint density at radius 3 is 2.86 bits per heavy atom. The first-order chi connectivity index (χ1) is 14.2. The van der Waals surface area contributed by atoms with E-state index in [0.717, 1.165) is 28.6 Å². The van der Waals surface area contributed by atoms with Gasteiger partial charge in [-0.15, -0.1) is 11.3 Å². The van der Waals surface area contributed by atoms with Gasteiger partial charge in [-0.05, 0) is 53.6 Å². The Hall–Kier alpha value is -2.89. The number of fused-ring (bicyclic) bond motifs is 2. The van der Waals surface area contributed by atoms with Gasteiger partial charge < -0.3 is 10.2 Å². The van der Waals surface area contributed by atoms with E-state index in [2.05, 4.69) is 21.7 Å². The van der Waals surface area contributed by atoms with Crippen molar-refractivity contribution in [3.63, 3.8) is 0 Å². The average Bonchev–Trinajstić information content (AvgIpc) is 3.26. The number of pyridine rings is 1. The Morgan fingerprint density at radius 2 is 2.00 bits per heavy atom. The van der Waals surface area contributed by atoms with E-state index in [4.69, 9.17) is 11.6 Å². The largest absolute Gasteiger partial charge is 0.359 e. The third-order valence-electron chi connectivity index (χ3n) is 5.22. The van der Waals surface area contributed by atoms with Gasteiger partial charge in [-0.2, -0.15) is 0 Å². The Kier molecular flexibility index (Phi) is 4.70. The molecule has 1 unspecified atom stereocenters. The molecule has 0 aliphatic carbocycles. The molecule has 0 saturated carbocycles. The Labute approximate surface area is 177 Å². The van der Waals surface area contributed by atoms with Crippen molar-refractivity contribution in [1.82, 2.24) is 9.88 Å². The third kappa shape index (κ3) is 3.37. The highest BCUT2D eigenvalue weighted by Crippen LogP contribution is 2.35. The van der Waals surface area contributed by atoms with Gasteiger partial charge in [0.15, 0.2) is 0 Å². The van der Waals surface area contributed by atoms with Gasteiger partial charge in [-0.1, -0.05) is 35.9 Å². The monoisotopic (exact) mass is 419 g/mol. The van der Waals surface area contributed by atoms with Crippen molar-refractivity contribution >= 4 is 45.3 Å². The predicted octanol–water partition coefficient (Wildman–Crippen LogP) is 5.76. The van der Waals surface area contributed by atoms with E-state index in [1.54, 1.807) is 17.5 Å². The minimum atomic E-state index is -0.345. The maximum Gasteiger partial charge on any atom is 0.257 e. The van der Waals surface area contributed by atoms with Crippen LogP contribution < -0.4 is 5.32 Å². The van der Waals surface area contributed by atoms with Crippen molar-refractivity contribution in [2.75, 3.05) is 11.9 Å². The third-order valence-corrected chi connectivity index (χ3v) is 6.39. The molecule has 1 aliphatic rings. The summed E-state index contributed by atoms with van der Waals surface area (Å²) in [7, 11) is 0. The van der Waals surface area contributed by atoms with Crippen molar-refractivity contribution < 1.29 is 4.79 Å². The fourth-order valence-corrected chi connectivity index (χ4v) is 4.69. The normalized spacial score (nSPS) is 16.0. The van der Waals surface area contributed by atoms with Gasteiger partial charge in [-0.3, -0.25) is 9.78 Å². The summed E-state index contributed by atoms with van der Waals surface area (Å²) in [5.41, 5.74) is 2.36. The van der Waals surface area contributed by atoms with Crippen LogP contribution in [0.15, 0.2) is 72.2 Å². The Morgan fingerprint density at radius 1 is 1.10 bits per heavy atom. The second kappa shape index (κ2) is 7.50. The van der Waals surface area contributed by atoms with Crippen LogP contribution in [0.1, 0.15) is 27.1 Å². The molecule has 0 fully saturated rings. The summed E-state index contributed by atoms with van der Waals surface area (Å²) in [5, 5.41) is 8.29. The lowest BCUT2D eigenvalue weighted by molar-refractivity contribution is 0.0684. The molecule has 1 atom stereocenters. The molecule has 2 aromatic heterocycles. The number of benzene rings is 2. The summed E-state index contributed by atoms with van der Waals surface area (Å²) in [6.07, 6.45) is 2.24. The SMILES string of the molecule is O=C1c2ccccc2NC(c2nccc3cc(Cl)ccc23)N1CCc1cccs1. The highest BCUT2D eigenvalue weighted by atomic mass is 35.5. The fourth-order valence-electron chi connectivity index (χ4n) is 3.81. The molecule has 0 saturated heterocycles. The number of aromatic nitrogens is 1. The number of thiophene rings is 1. The molecule has 5 rings (SSSR count). The number of hydrogen-bond acceptors (Lipinski definition) is 4. The van der Waals surface area contributed by atoms with Crippen molar-refractivity contribution in [2.24, 2.45) is 0 Å². The van der Waals surface area contributed by atoms with Crippen LogP contribution in [-0.2, 0) is 6.42 Å². The molecule has 4 aromatic rings. The zero-order valence-corrected chi connectivity index (χ0v) is 17.1. The Balaban J connectivity index is 1.59. The lowest BCUT2D eigenvalue weighted by Gasteiger charge is -2.38. The van der Waals surface area contributed by atoms with E-state index in [-0.39, 0.29) is 12.1 Å². The van der Waals surface area contributed by atoms with Crippen LogP contribution in [0.4, 0.5) is 5.69 Å². The van der Waals surface area contributed by atoms with Crippen LogP contribution >= 0.6 is 22.9 Å². The molecule has 29 heavy (non-hydrogen) atoms. The number of nitrogens with zero attached hydrogens (tertiary/aromatic N) is 2. The molecule has 0 spiro atoms. The predicted molar refractivity (Wildman–Crippen MR) is 119 cm³/mol. The zero-order chi connectivity index (χ0) is 19.8. The number of carbonyl (C=O) groups is 1. The lowest BCUT2D eigenvalue weighted by Crippen LogP contribution is -2.44. The number of amides is 1. The van der Waals surface area contributed by atoms with Crippen LogP contribution in [0.2, 0.25) is 5.02 Å². The van der Waals surface area contributed by atoms with Crippen LogP contribution in [-0.4, -0.2) is 22.3 Å². The van der Waals surface area contributed by atoms with E-state index in [0.29, 0.717) is 17.1 Å². The molecule has 144 valence electrons. The molecular weight excluding hydrogens is 402 g/mol. The van der Waals surface area contributed by atoms with Gasteiger partial charge >= 0.3 is 0 Å². The average molecular weight is 420 g/mol. The van der Waals surface area contributed by atoms with Gasteiger partial charge in [0, 0.05) is 33.7 Å². The van der Waals surface area contributed by atoms with Gasteiger partial charge in [-0.25, -0.2) is 0 Å². The minimum absolute atomic E-state index is 0.0219. The Bertz CT molecular complexity index is 1190. The van der Waals surface area contributed by atoms with Crippen molar-refractivity contribution in [2.45, 2.75) is 12.6 Å². The highest BCUT2D eigenvalue weighted by Gasteiger charge is 2.34. The summed E-state index contributed by atoms with van der Waals surface area (Å²) in [4.78, 5) is 21.2. The van der Waals surface area contributed by atoms with E-state index in [1.165, 1.54) is 4.88 Å². The number of rotatable bonds is 4. The number of anilines is 1. The molecule has 6 heteroatoms. The first-order valence-electron chi connectivity index (χ1n) is 9.44. The number of halogens is 1. The number of carbonyl (C=O) groups excluding carboxylic acids is 1. The first kappa shape index (κ1) is 18.2. The molecule has 3 heterocycles. The second-order valence-electron chi connectivity index (χ2n) is 6.98. The molecule has 1 aliphatic heterocycles. The van der Waals surface area contributed by atoms with Gasteiger partial charge in [0.05, 0.1) is 11.3 Å². The van der Waals surface area contributed by atoms with Crippen molar-refractivity contribution in [3.05, 3.63) is 93.4 Å². The lowest BCUT2D eigenvalue weighted by atomic mass is 10.0. The first-order valence-corrected chi connectivity index (χ1v) is 10.7. The second-order valence-corrected chi connectivity index (χ2v) is 8.45. The summed E-state index contributed by atoms with van der Waals surface area (Å²) < 4.78 is 0. The summed E-state index contributed by atoms with van der Waals surface area (Å²) in [6.45, 7) is 0.608. The molecule has 0 radical (unpaired) electrons. The van der Waals surface area contributed by atoms with E-state index < -0.39 is 0 Å². The maximum atomic E-state index is 13.4. The smallest absolute Gasteiger partial charge is 0.257 e. The van der Waals surface area contributed by atoms with Crippen LogP contribution in [0.5, 0.6) is 0 Å². The van der Waals surface area contributed by atoms with Crippen LogP contribution in [0.25, 0.3) is 10.8 Å². The molecule has 2 aromatic carbocycles. The number of hydrogen-bond donors (Lipinski definition) is 1. The van der Waals surface area contributed by atoms with Crippen LogP contribution in [0, 0.1) is 0 Å². The number of nitrogens with one attached hydrogen (secondary N) is 1. The molecule has 1 amide bonds. The standard InChI is InChI=1S/C23H18ClN3OS/c24-16-7-8-18-15(14-16)9-11-25-21(18)22-26-20-6-2-1-5-19(20)23(28)27(22)12-10-17-4-3-13-29-17/h1-9,11,13-14,22,26H,10,12H2. The quantitative estimate of drug-likeness (QED) is 0.457. The van der Waals surface area contributed by atoms with Gasteiger partial charge in [0.1, 0.15) is 6.17 Å². The highest BCUT2D eigenvalue weighted by molar-refractivity contribution is 7.09. The number of para-hydroxylation sites is 1. The summed E-state index contributed by atoms with van der Waals surface area (Å²) >= 11 is 7.89. The van der Waals surface area contributed by atoms with Crippen LogP contribution in [0.3, 0.4) is 0 Å². The zero-order valence-electron chi connectivity index (χ0n) is 15.5. The minimum Gasteiger partial charge on any atom is -0.359 e. The fraction of sp³-hybridized carbons (Fsp3) is 0.130.